The number of methoxy groups -OCH3 is 1. The molecule has 182 valence electrons. The maximum absolute atomic E-state index is 13.5. The van der Waals surface area contributed by atoms with Gasteiger partial charge in [-0.05, 0) is 42.7 Å². The highest BCUT2D eigenvalue weighted by Gasteiger charge is 2.41. The first-order chi connectivity index (χ1) is 16.5. The van der Waals surface area contributed by atoms with Crippen LogP contribution >= 0.6 is 0 Å². The van der Waals surface area contributed by atoms with Gasteiger partial charge in [0.05, 0.1) is 7.11 Å². The number of nitrogens with two attached hydrogens (primary N) is 1. The molecule has 1 heterocycles. The van der Waals surface area contributed by atoms with E-state index in [1.807, 2.05) is 95.1 Å². The smallest absolute Gasteiger partial charge is 0.162 e. The van der Waals surface area contributed by atoms with E-state index in [-0.39, 0.29) is 17.6 Å². The molecule has 0 spiro atoms. The number of rotatable bonds is 4. The third kappa shape index (κ3) is 5.09. The maximum Gasteiger partial charge on any atom is 0.162 e. The summed E-state index contributed by atoms with van der Waals surface area (Å²) >= 11 is 0. The van der Waals surface area contributed by atoms with Crippen LogP contribution in [0.3, 0.4) is 0 Å². The van der Waals surface area contributed by atoms with E-state index >= 15 is 0 Å². The van der Waals surface area contributed by atoms with Crippen molar-refractivity contribution in [2.45, 2.75) is 59.3 Å². The van der Waals surface area contributed by atoms with Crippen molar-refractivity contribution in [2.75, 3.05) is 19.9 Å². The van der Waals surface area contributed by atoms with Crippen molar-refractivity contribution in [1.29, 1.82) is 0 Å². The normalized spacial score (nSPS) is 19.4. The van der Waals surface area contributed by atoms with Crippen LogP contribution in [0.1, 0.15) is 70.4 Å². The van der Waals surface area contributed by atoms with Gasteiger partial charge in [-0.2, -0.15) is 0 Å². The molecule has 0 saturated carbocycles. The van der Waals surface area contributed by atoms with Crippen LogP contribution in [0.4, 0.5) is 5.69 Å². The number of hydrogen-bond donors (Lipinski definition) is 1. The number of aldehydes is 1. The molecule has 0 saturated heterocycles. The summed E-state index contributed by atoms with van der Waals surface area (Å²) in [6.07, 6.45) is 1.97. The van der Waals surface area contributed by atoms with Crippen LogP contribution in [0, 0.1) is 0 Å². The molecule has 2 aromatic rings. The van der Waals surface area contributed by atoms with Gasteiger partial charge in [0, 0.05) is 53.5 Å². The van der Waals surface area contributed by atoms with E-state index in [9.17, 15) is 9.59 Å². The van der Waals surface area contributed by atoms with Crippen LogP contribution in [0.5, 0.6) is 5.75 Å². The van der Waals surface area contributed by atoms with Crippen LogP contribution in [0.15, 0.2) is 71.1 Å². The number of carbonyl (C=O) groups is 2. The van der Waals surface area contributed by atoms with E-state index in [2.05, 4.69) is 0 Å². The SMILES string of the molecule is CC.CC.COc1ccccc1C1CC(=O)C2=C(C1)N(C)C(C)=C(C=O)C2c1cccc(N)c1. The molecule has 4 rings (SSSR count). The van der Waals surface area contributed by atoms with Gasteiger partial charge in [-0.25, -0.2) is 0 Å². The zero-order chi connectivity index (χ0) is 25.4. The number of allylic oxidation sites excluding steroid dienone is 4. The minimum atomic E-state index is -0.386. The average molecular weight is 463 g/mol. The molecule has 2 aliphatic rings. The lowest BCUT2D eigenvalue weighted by Crippen LogP contribution is -2.35. The first-order valence-electron chi connectivity index (χ1n) is 12.1. The van der Waals surface area contributed by atoms with Crippen LogP contribution < -0.4 is 10.5 Å². The van der Waals surface area contributed by atoms with Crippen molar-refractivity contribution in [3.8, 4) is 5.75 Å². The second kappa shape index (κ2) is 12.2. The summed E-state index contributed by atoms with van der Waals surface area (Å²) in [7, 11) is 3.58. The van der Waals surface area contributed by atoms with Crippen molar-refractivity contribution in [2.24, 2.45) is 0 Å². The molecule has 5 nitrogen and oxygen atoms in total. The number of Topliss-reactive ketones (excluding diaryl/α,β-unsaturated/α-hetero) is 1. The number of benzene rings is 2. The van der Waals surface area contributed by atoms with Crippen molar-refractivity contribution in [3.05, 3.63) is 82.2 Å². The highest BCUT2D eigenvalue weighted by atomic mass is 16.5. The fourth-order valence-corrected chi connectivity index (χ4v) is 4.78. The van der Waals surface area contributed by atoms with Crippen molar-refractivity contribution >= 4 is 17.8 Å². The minimum absolute atomic E-state index is 0.0296. The third-order valence-electron chi connectivity index (χ3n) is 6.36. The fourth-order valence-electron chi connectivity index (χ4n) is 4.78. The molecule has 2 atom stereocenters. The number of anilines is 1. The summed E-state index contributed by atoms with van der Waals surface area (Å²) < 4.78 is 5.55. The van der Waals surface area contributed by atoms with Crippen LogP contribution in [0.2, 0.25) is 0 Å². The molecular formula is C29H38N2O3. The molecule has 5 heteroatoms. The molecule has 1 aliphatic heterocycles. The Labute approximate surface area is 204 Å². The van der Waals surface area contributed by atoms with E-state index in [0.29, 0.717) is 29.7 Å². The average Bonchev–Trinajstić information content (AvgIpc) is 2.88. The molecule has 0 radical (unpaired) electrons. The summed E-state index contributed by atoms with van der Waals surface area (Å²) in [5.41, 5.74) is 11.7. The van der Waals surface area contributed by atoms with Crippen molar-refractivity contribution in [3.63, 3.8) is 0 Å². The zero-order valence-corrected chi connectivity index (χ0v) is 21.5. The molecule has 2 N–H and O–H groups in total. The van der Waals surface area contributed by atoms with Crippen LogP contribution in [-0.4, -0.2) is 31.1 Å². The van der Waals surface area contributed by atoms with Gasteiger partial charge in [0.15, 0.2) is 5.78 Å². The lowest BCUT2D eigenvalue weighted by molar-refractivity contribution is -0.116. The largest absolute Gasteiger partial charge is 0.496 e. The number of nitrogen functional groups attached to an aromatic ring is 1. The van der Waals surface area contributed by atoms with Gasteiger partial charge >= 0.3 is 0 Å². The molecule has 1 aliphatic carbocycles. The molecule has 0 aromatic heterocycles. The summed E-state index contributed by atoms with van der Waals surface area (Å²) in [4.78, 5) is 27.6. The van der Waals surface area contributed by atoms with Gasteiger partial charge in [-0.15, -0.1) is 0 Å². The molecule has 2 unspecified atom stereocenters. The van der Waals surface area contributed by atoms with Gasteiger partial charge in [0.25, 0.3) is 0 Å². The third-order valence-corrected chi connectivity index (χ3v) is 6.36. The molecule has 0 fully saturated rings. The number of carbonyl (C=O) groups excluding carboxylic acids is 2. The monoisotopic (exact) mass is 462 g/mol. The maximum atomic E-state index is 13.5. The predicted octanol–water partition coefficient (Wildman–Crippen LogP) is 6.23. The molecular weight excluding hydrogens is 424 g/mol. The highest BCUT2D eigenvalue weighted by molar-refractivity contribution is 6.02. The summed E-state index contributed by atoms with van der Waals surface area (Å²) in [5.74, 6) is 0.509. The molecule has 0 bridgehead atoms. The van der Waals surface area contributed by atoms with E-state index in [1.54, 1.807) is 7.11 Å². The molecule has 34 heavy (non-hydrogen) atoms. The summed E-state index contributed by atoms with van der Waals surface area (Å²) in [6.45, 7) is 9.93. The first kappa shape index (κ1) is 26.9. The molecule has 0 amide bonds. The fraction of sp³-hybridized carbons (Fsp3) is 0.379. The Morgan fingerprint density at radius 3 is 2.32 bits per heavy atom. The highest BCUT2D eigenvalue weighted by Crippen LogP contribution is 2.48. The number of hydrogen-bond acceptors (Lipinski definition) is 5. The Balaban J connectivity index is 0.000000970. The topological polar surface area (TPSA) is 72.6 Å². The van der Waals surface area contributed by atoms with Gasteiger partial charge < -0.3 is 15.4 Å². The quantitative estimate of drug-likeness (QED) is 0.430. The summed E-state index contributed by atoms with van der Waals surface area (Å²) in [6, 6.07) is 15.3. The number of para-hydroxylation sites is 1. The lowest BCUT2D eigenvalue weighted by Gasteiger charge is -2.41. The van der Waals surface area contributed by atoms with Gasteiger partial charge in [-0.3, -0.25) is 9.59 Å². The molecule has 2 aromatic carbocycles. The van der Waals surface area contributed by atoms with E-state index in [1.165, 1.54) is 0 Å². The van der Waals surface area contributed by atoms with E-state index in [0.717, 1.165) is 34.6 Å². The number of ketones is 1. The Morgan fingerprint density at radius 2 is 1.71 bits per heavy atom. The van der Waals surface area contributed by atoms with Crippen LogP contribution in [0.25, 0.3) is 0 Å². The second-order valence-electron chi connectivity index (χ2n) is 7.95. The minimum Gasteiger partial charge on any atom is -0.496 e. The lowest BCUT2D eigenvalue weighted by atomic mass is 9.71. The summed E-state index contributed by atoms with van der Waals surface area (Å²) in [5, 5.41) is 0. The number of ether oxygens (including phenoxy) is 1. The van der Waals surface area contributed by atoms with Crippen molar-refractivity contribution in [1.82, 2.24) is 4.90 Å². The van der Waals surface area contributed by atoms with E-state index in [4.69, 9.17) is 10.5 Å². The number of nitrogens with zero attached hydrogens (tertiary/aromatic N) is 1. The van der Waals surface area contributed by atoms with Crippen LogP contribution in [-0.2, 0) is 9.59 Å². The Kier molecular flexibility index (Phi) is 9.67. The van der Waals surface area contributed by atoms with E-state index < -0.39 is 0 Å². The zero-order valence-electron chi connectivity index (χ0n) is 21.5. The van der Waals surface area contributed by atoms with Gasteiger partial charge in [0.1, 0.15) is 12.0 Å². The van der Waals surface area contributed by atoms with Gasteiger partial charge in [0.2, 0.25) is 0 Å². The Bertz CT molecular complexity index is 1080. The first-order valence-corrected chi connectivity index (χ1v) is 12.1. The Morgan fingerprint density at radius 1 is 1.03 bits per heavy atom. The predicted molar refractivity (Wildman–Crippen MR) is 140 cm³/mol. The standard InChI is InChI=1S/C25H26N2O3.2C2H6/c1-15-20(14-28)24(16-7-6-8-18(26)11-16)25-21(27(15)2)12-17(13-22(25)29)19-9-4-5-10-23(19)30-3;2*1-2/h4-11,14,17,24H,12-13,26H2,1-3H3;2*1-2H3. The van der Waals surface area contributed by atoms with Crippen molar-refractivity contribution < 1.29 is 14.3 Å². The van der Waals surface area contributed by atoms with Gasteiger partial charge in [-0.1, -0.05) is 58.0 Å². The second-order valence-corrected chi connectivity index (χ2v) is 7.95. The Hall–Kier alpha value is -3.34.